The van der Waals surface area contributed by atoms with Crippen LogP contribution in [0.1, 0.15) is 49.0 Å². The SMILES string of the molecule is CC(C)C[C@@H](Oc1nc(Oc2cc(C(=O)N3CCC[C@H]3C(=O)O)cc(-c3cccc(CN)c3)c2)c(F)cc1F)C(=O)O. The van der Waals surface area contributed by atoms with Crippen molar-refractivity contribution in [1.29, 1.82) is 0 Å². The largest absolute Gasteiger partial charge is 0.480 e. The van der Waals surface area contributed by atoms with Crippen molar-refractivity contribution in [2.24, 2.45) is 11.7 Å². The molecule has 0 bridgehead atoms. The van der Waals surface area contributed by atoms with Gasteiger partial charge in [-0.1, -0.05) is 32.0 Å². The van der Waals surface area contributed by atoms with Crippen LogP contribution in [0.4, 0.5) is 8.78 Å². The number of nitrogens with zero attached hydrogens (tertiary/aromatic N) is 2. The van der Waals surface area contributed by atoms with Crippen LogP contribution in [0.2, 0.25) is 0 Å². The first kappa shape index (κ1) is 30.4. The van der Waals surface area contributed by atoms with Crippen LogP contribution >= 0.6 is 0 Å². The number of pyridine rings is 1. The number of rotatable bonds is 11. The number of carboxylic acids is 2. The lowest BCUT2D eigenvalue weighted by molar-refractivity contribution is -0.146. The minimum absolute atomic E-state index is 0.0488. The summed E-state index contributed by atoms with van der Waals surface area (Å²) >= 11 is 0. The van der Waals surface area contributed by atoms with Crippen LogP contribution in [-0.4, -0.2) is 56.6 Å². The maximum absolute atomic E-state index is 14.8. The minimum Gasteiger partial charge on any atom is -0.480 e. The molecule has 1 aliphatic rings. The quantitative estimate of drug-likeness (QED) is 0.288. The van der Waals surface area contributed by atoms with Crippen molar-refractivity contribution in [2.75, 3.05) is 6.54 Å². The second-order valence-electron chi connectivity index (χ2n) is 10.4. The molecule has 0 unspecified atom stereocenters. The first-order chi connectivity index (χ1) is 20.0. The predicted molar refractivity (Wildman–Crippen MR) is 147 cm³/mol. The van der Waals surface area contributed by atoms with Gasteiger partial charge in [0.1, 0.15) is 11.8 Å². The third kappa shape index (κ3) is 7.00. The number of carbonyl (C=O) groups excluding carboxylic acids is 1. The lowest BCUT2D eigenvalue weighted by atomic mass is 10.00. The topological polar surface area (TPSA) is 152 Å². The van der Waals surface area contributed by atoms with Crippen LogP contribution in [0.5, 0.6) is 17.5 Å². The van der Waals surface area contributed by atoms with E-state index in [0.29, 0.717) is 30.0 Å². The van der Waals surface area contributed by atoms with E-state index in [9.17, 15) is 33.4 Å². The molecule has 10 nitrogen and oxygen atoms in total. The van der Waals surface area contributed by atoms with E-state index in [-0.39, 0.29) is 36.7 Å². The van der Waals surface area contributed by atoms with Crippen molar-refractivity contribution < 1.29 is 42.9 Å². The van der Waals surface area contributed by atoms with Crippen molar-refractivity contribution in [3.63, 3.8) is 0 Å². The Labute approximate surface area is 240 Å². The zero-order chi connectivity index (χ0) is 30.6. The Balaban J connectivity index is 1.75. The molecule has 2 aromatic carbocycles. The Morgan fingerprint density at radius 1 is 1.05 bits per heavy atom. The Bertz CT molecular complexity index is 1500. The van der Waals surface area contributed by atoms with Gasteiger partial charge in [0.2, 0.25) is 0 Å². The molecule has 42 heavy (non-hydrogen) atoms. The number of ether oxygens (including phenoxy) is 2. The molecule has 2 atom stereocenters. The van der Waals surface area contributed by atoms with E-state index in [2.05, 4.69) is 4.98 Å². The first-order valence-corrected chi connectivity index (χ1v) is 13.4. The zero-order valence-electron chi connectivity index (χ0n) is 23.0. The summed E-state index contributed by atoms with van der Waals surface area (Å²) in [6.07, 6.45) is -0.556. The fraction of sp³-hybridized carbons (Fsp3) is 0.333. The van der Waals surface area contributed by atoms with Crippen LogP contribution in [-0.2, 0) is 16.1 Å². The molecular formula is C30H31F2N3O7. The second-order valence-corrected chi connectivity index (χ2v) is 10.4. The van der Waals surface area contributed by atoms with E-state index >= 15 is 0 Å². The number of amides is 1. The van der Waals surface area contributed by atoms with Crippen molar-refractivity contribution in [3.05, 3.63) is 71.3 Å². The molecule has 0 radical (unpaired) electrons. The molecule has 2 heterocycles. The van der Waals surface area contributed by atoms with Gasteiger partial charge in [-0.2, -0.15) is 4.98 Å². The highest BCUT2D eigenvalue weighted by Crippen LogP contribution is 2.33. The monoisotopic (exact) mass is 583 g/mol. The summed E-state index contributed by atoms with van der Waals surface area (Å²) < 4.78 is 40.3. The number of likely N-dealkylation sites (tertiary alicyclic amines) is 1. The van der Waals surface area contributed by atoms with E-state index < -0.39 is 53.4 Å². The van der Waals surface area contributed by atoms with Crippen molar-refractivity contribution in [2.45, 2.75) is 51.8 Å². The Kier molecular flexibility index (Phi) is 9.36. The molecule has 0 aliphatic carbocycles. The van der Waals surface area contributed by atoms with E-state index in [1.807, 2.05) is 6.07 Å². The summed E-state index contributed by atoms with van der Waals surface area (Å²) in [5.74, 6) is -7.05. The molecule has 3 aromatic rings. The number of nitrogens with two attached hydrogens (primary N) is 1. The third-order valence-electron chi connectivity index (χ3n) is 6.74. The van der Waals surface area contributed by atoms with Gasteiger partial charge in [0, 0.05) is 24.7 Å². The van der Waals surface area contributed by atoms with Crippen molar-refractivity contribution in [3.8, 4) is 28.6 Å². The van der Waals surface area contributed by atoms with Crippen molar-refractivity contribution >= 4 is 17.8 Å². The summed E-state index contributed by atoms with van der Waals surface area (Å²) in [5, 5.41) is 19.1. The Morgan fingerprint density at radius 3 is 2.45 bits per heavy atom. The lowest BCUT2D eigenvalue weighted by Crippen LogP contribution is -2.40. The first-order valence-electron chi connectivity index (χ1n) is 13.4. The van der Waals surface area contributed by atoms with Crippen LogP contribution in [0.3, 0.4) is 0 Å². The van der Waals surface area contributed by atoms with E-state index in [1.165, 1.54) is 17.0 Å². The molecule has 1 fully saturated rings. The number of hydrogen-bond donors (Lipinski definition) is 3. The summed E-state index contributed by atoms with van der Waals surface area (Å²) in [6.45, 7) is 4.02. The molecule has 4 rings (SSSR count). The second kappa shape index (κ2) is 12.9. The predicted octanol–water partition coefficient (Wildman–Crippen LogP) is 4.85. The van der Waals surface area contributed by atoms with Gasteiger partial charge < -0.3 is 30.3 Å². The smallest absolute Gasteiger partial charge is 0.344 e. The average molecular weight is 584 g/mol. The lowest BCUT2D eigenvalue weighted by Gasteiger charge is -2.22. The van der Waals surface area contributed by atoms with Gasteiger partial charge in [0.15, 0.2) is 17.7 Å². The number of halogens is 2. The van der Waals surface area contributed by atoms with Gasteiger partial charge in [0.05, 0.1) is 0 Å². The van der Waals surface area contributed by atoms with E-state index in [4.69, 9.17) is 15.2 Å². The molecule has 1 aromatic heterocycles. The third-order valence-corrected chi connectivity index (χ3v) is 6.74. The fourth-order valence-corrected chi connectivity index (χ4v) is 4.72. The highest BCUT2D eigenvalue weighted by Gasteiger charge is 2.35. The summed E-state index contributed by atoms with van der Waals surface area (Å²) in [7, 11) is 0. The molecule has 0 saturated carbocycles. The normalized spacial score (nSPS) is 15.5. The Hall–Kier alpha value is -4.58. The van der Waals surface area contributed by atoms with Crippen LogP contribution in [0.15, 0.2) is 48.5 Å². The molecule has 222 valence electrons. The Morgan fingerprint density at radius 2 is 1.79 bits per heavy atom. The van der Waals surface area contributed by atoms with Gasteiger partial charge in [0.25, 0.3) is 17.7 Å². The molecule has 1 saturated heterocycles. The molecule has 1 aliphatic heterocycles. The summed E-state index contributed by atoms with van der Waals surface area (Å²) in [6, 6.07) is 11.0. The summed E-state index contributed by atoms with van der Waals surface area (Å²) in [5.41, 5.74) is 7.81. The number of aliphatic carboxylic acids is 2. The molecule has 4 N–H and O–H groups in total. The molecule has 12 heteroatoms. The maximum atomic E-state index is 14.8. The minimum atomic E-state index is -1.43. The van der Waals surface area contributed by atoms with E-state index in [0.717, 1.165) is 5.56 Å². The number of carboxylic acid groups (broad SMARTS) is 2. The highest BCUT2D eigenvalue weighted by molar-refractivity contribution is 5.98. The van der Waals surface area contributed by atoms with Crippen LogP contribution < -0.4 is 15.2 Å². The number of carbonyl (C=O) groups is 3. The zero-order valence-corrected chi connectivity index (χ0v) is 23.0. The van der Waals surface area contributed by atoms with Gasteiger partial charge in [-0.05, 0) is 66.1 Å². The number of aromatic nitrogens is 1. The molecular weight excluding hydrogens is 552 g/mol. The van der Waals surface area contributed by atoms with Gasteiger partial charge in [-0.3, -0.25) is 4.79 Å². The number of benzene rings is 2. The van der Waals surface area contributed by atoms with E-state index in [1.54, 1.807) is 38.1 Å². The van der Waals surface area contributed by atoms with Crippen LogP contribution in [0.25, 0.3) is 11.1 Å². The highest BCUT2D eigenvalue weighted by atomic mass is 19.1. The fourth-order valence-electron chi connectivity index (χ4n) is 4.72. The molecule has 0 spiro atoms. The molecule has 1 amide bonds. The van der Waals surface area contributed by atoms with Crippen LogP contribution in [0, 0.1) is 17.6 Å². The standard InChI is InChI=1S/C30H31F2N3O7/c1-16(2)9-25(30(39)40)42-27-23(32)14-22(31)26(34-27)41-21-12-19(18-6-3-5-17(10-18)15-33)11-20(13-21)28(36)35-8-4-7-24(35)29(37)38/h3,5-6,10-14,16,24-25H,4,7-9,15,33H2,1-2H3,(H,37,38)(H,39,40)/t24-,25+/m0/s1. The number of hydrogen-bond acceptors (Lipinski definition) is 7. The van der Waals surface area contributed by atoms with Gasteiger partial charge in [-0.25, -0.2) is 18.4 Å². The maximum Gasteiger partial charge on any atom is 0.344 e. The van der Waals surface area contributed by atoms with Gasteiger partial charge >= 0.3 is 11.9 Å². The van der Waals surface area contributed by atoms with Gasteiger partial charge in [-0.15, -0.1) is 0 Å². The summed E-state index contributed by atoms with van der Waals surface area (Å²) in [4.78, 5) is 41.9. The average Bonchev–Trinajstić information content (AvgIpc) is 3.45. The van der Waals surface area contributed by atoms with Crippen molar-refractivity contribution in [1.82, 2.24) is 9.88 Å².